The number of H-pyrrole nitrogens is 1. The second-order valence-corrected chi connectivity index (χ2v) is 10.2. The molecule has 198 valence electrons. The first kappa shape index (κ1) is 26.6. The predicted molar refractivity (Wildman–Crippen MR) is 133 cm³/mol. The molecule has 0 spiro atoms. The molecule has 1 aliphatic rings. The molecule has 2 aromatic heterocycles. The van der Waals surface area contributed by atoms with E-state index in [-0.39, 0.29) is 33.8 Å². The number of hydrogen-bond acceptors (Lipinski definition) is 7. The number of likely N-dealkylation sites (tertiary alicyclic amines) is 1. The highest BCUT2D eigenvalue weighted by molar-refractivity contribution is 6.31. The summed E-state index contributed by atoms with van der Waals surface area (Å²) in [5.41, 5.74) is 4.39. The molecule has 37 heavy (non-hydrogen) atoms. The van der Waals surface area contributed by atoms with Gasteiger partial charge in [-0.25, -0.2) is 19.1 Å². The van der Waals surface area contributed by atoms with Gasteiger partial charge in [-0.15, -0.1) is 0 Å². The molecule has 0 aliphatic carbocycles. The minimum absolute atomic E-state index is 0.0631. The topological polar surface area (TPSA) is 141 Å². The normalized spacial score (nSPS) is 15.6. The molecule has 0 saturated carbocycles. The fourth-order valence-electron chi connectivity index (χ4n) is 4.16. The lowest BCUT2D eigenvalue weighted by molar-refractivity contribution is 0.0203. The fraction of sp³-hybridized carbons (Fsp3) is 0.417. The van der Waals surface area contributed by atoms with Crippen LogP contribution in [0.5, 0.6) is 0 Å². The molecular formula is C24H28ClFN6O5. The van der Waals surface area contributed by atoms with Crippen molar-refractivity contribution in [2.24, 2.45) is 0 Å². The molecule has 3 aromatic rings. The third-order valence-corrected chi connectivity index (χ3v) is 6.23. The Morgan fingerprint density at radius 3 is 2.68 bits per heavy atom. The third-order valence-electron chi connectivity index (χ3n) is 5.94. The predicted octanol–water partition coefficient (Wildman–Crippen LogP) is 2.86. The molecule has 11 nitrogen and oxygen atoms in total. The largest absolute Gasteiger partial charge is 0.444 e. The van der Waals surface area contributed by atoms with Gasteiger partial charge in [0.05, 0.1) is 28.0 Å². The van der Waals surface area contributed by atoms with Gasteiger partial charge in [0.2, 0.25) is 0 Å². The second kappa shape index (κ2) is 10.5. The molecule has 1 aromatic carbocycles. The van der Waals surface area contributed by atoms with Crippen LogP contribution in [0, 0.1) is 5.82 Å². The van der Waals surface area contributed by atoms with Gasteiger partial charge in [-0.1, -0.05) is 17.7 Å². The van der Waals surface area contributed by atoms with Gasteiger partial charge in [-0.3, -0.25) is 15.0 Å². The Balaban J connectivity index is 1.47. The zero-order valence-electron chi connectivity index (χ0n) is 20.5. The SMILES string of the molecule is CC(C)(C)OC(=O)N1CCC(c2cc(=O)[nH]c3c(C(O)NNC(=O)c4cccc(Cl)c4F)cnn23)CC1. The maximum absolute atomic E-state index is 14.1. The van der Waals surface area contributed by atoms with Crippen LogP contribution in [0.4, 0.5) is 9.18 Å². The highest BCUT2D eigenvalue weighted by atomic mass is 35.5. The van der Waals surface area contributed by atoms with E-state index in [1.165, 1.54) is 35.0 Å². The van der Waals surface area contributed by atoms with E-state index in [2.05, 4.69) is 20.9 Å². The van der Waals surface area contributed by atoms with Gasteiger partial charge < -0.3 is 19.7 Å². The summed E-state index contributed by atoms with van der Waals surface area (Å²) in [6.45, 7) is 6.34. The lowest BCUT2D eigenvalue weighted by Crippen LogP contribution is -2.41. The van der Waals surface area contributed by atoms with Crippen LogP contribution >= 0.6 is 11.6 Å². The van der Waals surface area contributed by atoms with Crippen LogP contribution in [0.15, 0.2) is 35.3 Å². The Bertz CT molecular complexity index is 1380. The summed E-state index contributed by atoms with van der Waals surface area (Å²) < 4.78 is 21.1. The molecule has 1 aliphatic heterocycles. The van der Waals surface area contributed by atoms with Gasteiger partial charge in [0.25, 0.3) is 11.5 Å². The monoisotopic (exact) mass is 534 g/mol. The summed E-state index contributed by atoms with van der Waals surface area (Å²) in [6.07, 6.45) is 0.694. The van der Waals surface area contributed by atoms with Crippen LogP contribution in [0.25, 0.3) is 5.65 Å². The van der Waals surface area contributed by atoms with E-state index in [9.17, 15) is 23.9 Å². The van der Waals surface area contributed by atoms with Crippen molar-refractivity contribution in [3.63, 3.8) is 0 Å². The zero-order chi connectivity index (χ0) is 26.9. The van der Waals surface area contributed by atoms with Crippen molar-refractivity contribution >= 4 is 29.2 Å². The lowest BCUT2D eigenvalue weighted by Gasteiger charge is -2.33. The van der Waals surface area contributed by atoms with E-state index in [1.807, 2.05) is 20.8 Å². The number of nitrogens with zero attached hydrogens (tertiary/aromatic N) is 3. The highest BCUT2D eigenvalue weighted by Gasteiger charge is 2.29. The molecule has 3 heterocycles. The standard InChI is InChI=1S/C24H28ClFN6O5/c1-24(2,3)37-23(36)31-9-7-13(8-10-31)17-11-18(33)28-20-15(12-27-32(17)20)22(35)30-29-21(34)14-5-4-6-16(25)19(14)26/h4-6,11-13,22,30,35H,7-10H2,1-3H3,(H,28,33)(H,29,34). The third kappa shape index (κ3) is 5.92. The van der Waals surface area contributed by atoms with Crippen molar-refractivity contribution in [1.82, 2.24) is 30.3 Å². The van der Waals surface area contributed by atoms with Crippen molar-refractivity contribution in [3.8, 4) is 0 Å². The minimum Gasteiger partial charge on any atom is -0.444 e. The molecule has 4 rings (SSSR count). The first-order chi connectivity index (χ1) is 17.4. The number of ether oxygens (including phenoxy) is 1. The van der Waals surface area contributed by atoms with E-state index in [0.29, 0.717) is 31.6 Å². The Kier molecular flexibility index (Phi) is 7.53. The van der Waals surface area contributed by atoms with Crippen LogP contribution in [-0.4, -0.2) is 55.3 Å². The number of nitrogens with one attached hydrogen (secondary N) is 3. The Hall–Kier alpha value is -3.48. The van der Waals surface area contributed by atoms with Gasteiger partial charge in [0, 0.05) is 25.1 Å². The first-order valence-electron chi connectivity index (χ1n) is 11.7. The maximum Gasteiger partial charge on any atom is 0.410 e. The number of aromatic nitrogens is 3. The molecule has 0 bridgehead atoms. The highest BCUT2D eigenvalue weighted by Crippen LogP contribution is 2.29. The molecule has 0 radical (unpaired) electrons. The first-order valence-corrected chi connectivity index (χ1v) is 12.1. The van der Waals surface area contributed by atoms with Crippen molar-refractivity contribution in [3.05, 3.63) is 68.5 Å². The number of hydrazine groups is 1. The summed E-state index contributed by atoms with van der Waals surface area (Å²) in [6, 6.07) is 5.43. The van der Waals surface area contributed by atoms with Crippen LogP contribution in [0.3, 0.4) is 0 Å². The summed E-state index contributed by atoms with van der Waals surface area (Å²) in [5.74, 6) is -1.80. The Labute approximate surface area is 216 Å². The fourth-order valence-corrected chi connectivity index (χ4v) is 4.34. The lowest BCUT2D eigenvalue weighted by atomic mass is 9.93. The number of benzene rings is 1. The summed E-state index contributed by atoms with van der Waals surface area (Å²) >= 11 is 5.71. The second-order valence-electron chi connectivity index (χ2n) is 9.76. The van der Waals surface area contributed by atoms with Crippen LogP contribution < -0.4 is 16.4 Å². The minimum atomic E-state index is -1.47. The number of rotatable bonds is 5. The van der Waals surface area contributed by atoms with Crippen LogP contribution in [0.2, 0.25) is 5.02 Å². The molecule has 1 saturated heterocycles. The maximum atomic E-state index is 14.1. The van der Waals surface area contributed by atoms with E-state index in [1.54, 1.807) is 4.90 Å². The summed E-state index contributed by atoms with van der Waals surface area (Å²) in [4.78, 5) is 41.5. The Morgan fingerprint density at radius 1 is 1.30 bits per heavy atom. The number of hydrogen-bond donors (Lipinski definition) is 4. The van der Waals surface area contributed by atoms with E-state index < -0.39 is 29.1 Å². The van der Waals surface area contributed by atoms with Gasteiger partial charge in [-0.2, -0.15) is 5.10 Å². The summed E-state index contributed by atoms with van der Waals surface area (Å²) in [5, 5.41) is 14.7. The van der Waals surface area contributed by atoms with Crippen LogP contribution in [0.1, 0.15) is 67.4 Å². The zero-order valence-corrected chi connectivity index (χ0v) is 21.3. The molecule has 1 atom stereocenters. The quantitative estimate of drug-likeness (QED) is 0.291. The number of amides is 2. The number of aliphatic hydroxyl groups is 1. The molecule has 1 unspecified atom stereocenters. The van der Waals surface area contributed by atoms with Crippen molar-refractivity contribution in [2.75, 3.05) is 13.1 Å². The number of aliphatic hydroxyl groups excluding tert-OH is 1. The van der Waals surface area contributed by atoms with Crippen LogP contribution in [-0.2, 0) is 4.74 Å². The number of piperidine rings is 1. The van der Waals surface area contributed by atoms with Gasteiger partial charge in [-0.05, 0) is 45.7 Å². The number of halogens is 2. The van der Waals surface area contributed by atoms with E-state index in [4.69, 9.17) is 16.3 Å². The summed E-state index contributed by atoms with van der Waals surface area (Å²) in [7, 11) is 0. The van der Waals surface area contributed by atoms with Crippen molar-refractivity contribution < 1.29 is 23.8 Å². The number of aromatic amines is 1. The van der Waals surface area contributed by atoms with Gasteiger partial charge in [0.15, 0.2) is 12.0 Å². The average molecular weight is 535 g/mol. The molecule has 2 amide bonds. The molecule has 4 N–H and O–H groups in total. The van der Waals surface area contributed by atoms with Gasteiger partial charge >= 0.3 is 6.09 Å². The Morgan fingerprint density at radius 2 is 2.00 bits per heavy atom. The van der Waals surface area contributed by atoms with E-state index in [0.717, 1.165) is 0 Å². The van der Waals surface area contributed by atoms with E-state index >= 15 is 0 Å². The number of carbonyl (C=O) groups excluding carboxylic acids is 2. The van der Waals surface area contributed by atoms with Crippen molar-refractivity contribution in [2.45, 2.75) is 51.4 Å². The average Bonchev–Trinajstić information content (AvgIpc) is 3.26. The number of fused-ring (bicyclic) bond motifs is 1. The number of carbonyl (C=O) groups is 2. The molecule has 13 heteroatoms. The van der Waals surface area contributed by atoms with Crippen molar-refractivity contribution in [1.29, 1.82) is 0 Å². The molecule has 1 fully saturated rings. The van der Waals surface area contributed by atoms with Gasteiger partial charge in [0.1, 0.15) is 11.2 Å². The molecular weight excluding hydrogens is 507 g/mol. The smallest absolute Gasteiger partial charge is 0.410 e.